The second-order valence-corrected chi connectivity index (χ2v) is 7.52. The third kappa shape index (κ3) is 4.23. The van der Waals surface area contributed by atoms with Crippen molar-refractivity contribution >= 4 is 22.6 Å². The Balaban J connectivity index is 1.97. The van der Waals surface area contributed by atoms with E-state index in [1.807, 2.05) is 6.92 Å². The molecule has 1 heterocycles. The topological polar surface area (TPSA) is 24.4 Å². The summed E-state index contributed by atoms with van der Waals surface area (Å²) in [6.07, 6.45) is 1.13. The number of benzene rings is 1. The minimum absolute atomic E-state index is 0.220. The molecule has 0 radical (unpaired) electrons. The fourth-order valence-electron chi connectivity index (χ4n) is 2.12. The van der Waals surface area contributed by atoms with Gasteiger partial charge >= 0.3 is 0 Å². The lowest BCUT2D eigenvalue weighted by Gasteiger charge is -2.21. The van der Waals surface area contributed by atoms with Crippen LogP contribution in [0.15, 0.2) is 23.2 Å². The first-order valence-corrected chi connectivity index (χ1v) is 7.46. The molecule has 19 heavy (non-hydrogen) atoms. The number of rotatable bonds is 2. The molecule has 0 saturated carbocycles. The molecule has 4 heteroatoms. The molecule has 1 aliphatic rings. The number of amidine groups is 1. The zero-order valence-corrected chi connectivity index (χ0v) is 12.8. The van der Waals surface area contributed by atoms with Crippen LogP contribution in [0.25, 0.3) is 0 Å². The number of hydrogen-bond donors (Lipinski definition) is 1. The van der Waals surface area contributed by atoms with Gasteiger partial charge in [0, 0.05) is 10.9 Å². The van der Waals surface area contributed by atoms with E-state index in [2.05, 4.69) is 31.1 Å². The summed E-state index contributed by atoms with van der Waals surface area (Å²) in [6.45, 7) is 9.55. The van der Waals surface area contributed by atoms with Crippen molar-refractivity contribution in [3.63, 3.8) is 0 Å². The van der Waals surface area contributed by atoms with Crippen molar-refractivity contribution < 1.29 is 4.39 Å². The Morgan fingerprint density at radius 1 is 1.42 bits per heavy atom. The van der Waals surface area contributed by atoms with Gasteiger partial charge in [0.25, 0.3) is 0 Å². The highest BCUT2D eigenvalue weighted by Crippen LogP contribution is 2.32. The Morgan fingerprint density at radius 3 is 2.84 bits per heavy atom. The third-order valence-electron chi connectivity index (χ3n) is 3.00. The number of nitrogens with zero attached hydrogens (tertiary/aromatic N) is 1. The van der Waals surface area contributed by atoms with Crippen molar-refractivity contribution in [2.24, 2.45) is 10.4 Å². The van der Waals surface area contributed by atoms with Gasteiger partial charge in [-0.3, -0.25) is 4.99 Å². The highest BCUT2D eigenvalue weighted by Gasteiger charge is 2.25. The molecule has 104 valence electrons. The lowest BCUT2D eigenvalue weighted by molar-refractivity contribution is 0.375. The molecule has 2 rings (SSSR count). The van der Waals surface area contributed by atoms with Crippen LogP contribution in [0, 0.1) is 18.2 Å². The van der Waals surface area contributed by atoms with E-state index < -0.39 is 0 Å². The van der Waals surface area contributed by atoms with Gasteiger partial charge in [-0.1, -0.05) is 38.6 Å². The van der Waals surface area contributed by atoms with E-state index >= 15 is 0 Å². The number of halogens is 1. The summed E-state index contributed by atoms with van der Waals surface area (Å²) in [6, 6.07) is 4.78. The van der Waals surface area contributed by atoms with Gasteiger partial charge in [0.15, 0.2) is 5.17 Å². The van der Waals surface area contributed by atoms with E-state index in [0.717, 1.165) is 29.4 Å². The Bertz CT molecular complexity index is 491. The van der Waals surface area contributed by atoms with Gasteiger partial charge in [-0.15, -0.1) is 0 Å². The highest BCUT2D eigenvalue weighted by atomic mass is 32.2. The van der Waals surface area contributed by atoms with Crippen LogP contribution in [0.4, 0.5) is 10.1 Å². The normalized spacial score (nSPS) is 19.4. The molecule has 0 bridgehead atoms. The van der Waals surface area contributed by atoms with E-state index in [9.17, 15) is 4.39 Å². The zero-order chi connectivity index (χ0) is 14.0. The van der Waals surface area contributed by atoms with Crippen molar-refractivity contribution in [1.29, 1.82) is 0 Å². The first-order valence-electron chi connectivity index (χ1n) is 6.58. The Kier molecular flexibility index (Phi) is 4.19. The third-order valence-corrected chi connectivity index (χ3v) is 4.10. The second-order valence-electron chi connectivity index (χ2n) is 6.23. The van der Waals surface area contributed by atoms with Crippen molar-refractivity contribution in [2.75, 3.05) is 11.9 Å². The molecule has 1 aromatic carbocycles. The number of aryl methyl sites for hydroxylation is 1. The minimum Gasteiger partial charge on any atom is -0.335 e. The zero-order valence-electron chi connectivity index (χ0n) is 12.0. The van der Waals surface area contributed by atoms with Gasteiger partial charge < -0.3 is 5.32 Å². The molecule has 2 nitrogen and oxygen atoms in total. The first-order chi connectivity index (χ1) is 8.83. The molecule has 0 aromatic heterocycles. The van der Waals surface area contributed by atoms with E-state index in [-0.39, 0.29) is 5.82 Å². The van der Waals surface area contributed by atoms with Gasteiger partial charge in [-0.05, 0) is 36.5 Å². The number of nitrogens with one attached hydrogen (secondary N) is 1. The molecule has 0 saturated heterocycles. The monoisotopic (exact) mass is 280 g/mol. The average Bonchev–Trinajstić information content (AvgIpc) is 2.68. The first kappa shape index (κ1) is 14.4. The SMILES string of the molecule is Cc1ccc(F)cc1NC1=NCC(CC(C)(C)C)S1. The molecule has 0 amide bonds. The van der Waals surface area contributed by atoms with Crippen molar-refractivity contribution in [3.8, 4) is 0 Å². The van der Waals surface area contributed by atoms with Gasteiger partial charge in [-0.25, -0.2) is 4.39 Å². The summed E-state index contributed by atoms with van der Waals surface area (Å²) in [5, 5.41) is 4.67. The van der Waals surface area contributed by atoms with Crippen molar-refractivity contribution in [1.82, 2.24) is 0 Å². The fourth-order valence-corrected chi connectivity index (χ4v) is 3.49. The highest BCUT2D eigenvalue weighted by molar-refractivity contribution is 8.15. The summed E-state index contributed by atoms with van der Waals surface area (Å²) in [4.78, 5) is 4.51. The number of aliphatic imine (C=N–C) groups is 1. The molecule has 1 unspecified atom stereocenters. The quantitative estimate of drug-likeness (QED) is 0.865. The Morgan fingerprint density at radius 2 is 2.16 bits per heavy atom. The fraction of sp³-hybridized carbons (Fsp3) is 0.533. The summed E-state index contributed by atoms with van der Waals surface area (Å²) < 4.78 is 13.2. The van der Waals surface area contributed by atoms with E-state index in [0.29, 0.717) is 10.7 Å². The number of thioether (sulfide) groups is 1. The standard InChI is InChI=1S/C15H21FN2S/c1-10-5-6-11(16)7-13(10)18-14-17-9-12(19-14)8-15(2,3)4/h5-7,12H,8-9H2,1-4H3,(H,17,18). The lowest BCUT2D eigenvalue weighted by atomic mass is 9.90. The number of anilines is 1. The van der Waals surface area contributed by atoms with E-state index in [1.54, 1.807) is 17.8 Å². The van der Waals surface area contributed by atoms with Gasteiger partial charge in [0.2, 0.25) is 0 Å². The molecule has 0 aliphatic carbocycles. The van der Waals surface area contributed by atoms with Gasteiger partial charge in [0.1, 0.15) is 5.82 Å². The molecule has 1 N–H and O–H groups in total. The van der Waals surface area contributed by atoms with Crippen molar-refractivity contribution in [2.45, 2.75) is 39.4 Å². The van der Waals surface area contributed by atoms with Crippen LogP contribution in [-0.2, 0) is 0 Å². The van der Waals surface area contributed by atoms with Crippen LogP contribution in [0.3, 0.4) is 0 Å². The smallest absolute Gasteiger partial charge is 0.161 e. The summed E-state index contributed by atoms with van der Waals surface area (Å²) in [5.74, 6) is -0.220. The molecule has 0 fully saturated rings. The molecular weight excluding hydrogens is 259 g/mol. The number of hydrogen-bond acceptors (Lipinski definition) is 3. The summed E-state index contributed by atoms with van der Waals surface area (Å²) in [5.41, 5.74) is 2.16. The van der Waals surface area contributed by atoms with E-state index in [1.165, 1.54) is 12.1 Å². The molecular formula is C15H21FN2S. The maximum absolute atomic E-state index is 13.2. The second kappa shape index (κ2) is 5.53. The van der Waals surface area contributed by atoms with E-state index in [4.69, 9.17) is 0 Å². The lowest BCUT2D eigenvalue weighted by Crippen LogP contribution is -2.16. The minimum atomic E-state index is -0.220. The Labute approximate surface area is 118 Å². The predicted octanol–water partition coefficient (Wildman–Crippen LogP) is 4.45. The van der Waals surface area contributed by atoms with Crippen LogP contribution in [0.1, 0.15) is 32.8 Å². The van der Waals surface area contributed by atoms with Crippen LogP contribution in [0.2, 0.25) is 0 Å². The van der Waals surface area contributed by atoms with Crippen LogP contribution in [0.5, 0.6) is 0 Å². The Hall–Kier alpha value is -1.03. The van der Waals surface area contributed by atoms with Crippen LogP contribution in [-0.4, -0.2) is 17.0 Å². The summed E-state index contributed by atoms with van der Waals surface area (Å²) >= 11 is 1.76. The average molecular weight is 280 g/mol. The van der Waals surface area contributed by atoms with Gasteiger partial charge in [0.05, 0.1) is 6.54 Å². The van der Waals surface area contributed by atoms with Crippen LogP contribution >= 0.6 is 11.8 Å². The molecule has 1 aliphatic heterocycles. The van der Waals surface area contributed by atoms with Crippen LogP contribution < -0.4 is 5.32 Å². The molecule has 0 spiro atoms. The molecule has 1 atom stereocenters. The molecule has 1 aromatic rings. The maximum atomic E-state index is 13.2. The van der Waals surface area contributed by atoms with Gasteiger partial charge in [-0.2, -0.15) is 0 Å². The summed E-state index contributed by atoms with van der Waals surface area (Å²) in [7, 11) is 0. The van der Waals surface area contributed by atoms with Crippen molar-refractivity contribution in [3.05, 3.63) is 29.6 Å². The predicted molar refractivity (Wildman–Crippen MR) is 82.5 cm³/mol. The largest absolute Gasteiger partial charge is 0.335 e. The maximum Gasteiger partial charge on any atom is 0.161 e.